The molecular weight excluding hydrogens is 550 g/mol. The van der Waals surface area contributed by atoms with Gasteiger partial charge in [-0.1, -0.05) is 19.2 Å². The molecule has 0 fully saturated rings. The minimum Gasteiger partial charge on any atom is -0.456 e. The molecule has 0 aliphatic carbocycles. The number of esters is 2. The molecule has 0 amide bonds. The molecule has 2 unspecified atom stereocenters. The first-order chi connectivity index (χ1) is 19.4. The standard InChI is InChI=1S/C21H23NO11.C5H8O3/c1-12(2)19(23)30-10-17-28-8-14-5-6-15(16(7-14)22(26)27)9-29-18(33-21(25)32-17)11-31-20(24)13(3)4;1-3-7-5(6)8-4-2/h5-7,17-18H,1,3,8-11H2,2,4H3;1-4H2. The molecule has 1 aromatic rings. The second-order valence-electron chi connectivity index (χ2n) is 7.89. The molecule has 41 heavy (non-hydrogen) atoms. The van der Waals surface area contributed by atoms with Crippen molar-refractivity contribution in [3.05, 3.63) is 77.6 Å². The summed E-state index contributed by atoms with van der Waals surface area (Å²) in [5.74, 6) is -1.51. The van der Waals surface area contributed by atoms with Gasteiger partial charge in [-0.3, -0.25) is 10.1 Å². The maximum Gasteiger partial charge on any atom is 0.513 e. The van der Waals surface area contributed by atoms with Gasteiger partial charge in [-0.15, -0.1) is 0 Å². The Morgan fingerprint density at radius 1 is 0.902 bits per heavy atom. The number of hydrogen-bond acceptors (Lipinski definition) is 14. The lowest BCUT2D eigenvalue weighted by Crippen LogP contribution is -2.33. The molecule has 2 aliphatic rings. The highest BCUT2D eigenvalue weighted by atomic mass is 16.8. The Morgan fingerprint density at radius 2 is 1.39 bits per heavy atom. The summed E-state index contributed by atoms with van der Waals surface area (Å²) in [5, 5.41) is 11.5. The SMILES string of the molecule is C=C(C)C(=O)OCC1OCc2ccc(c([N+](=O)[O-])c2)COC(COC(=O)C(=C)C)OC(=O)O1.[CH2]COC(=O)OC[CH2]. The van der Waals surface area contributed by atoms with Crippen molar-refractivity contribution in [1.29, 1.82) is 0 Å². The van der Waals surface area contributed by atoms with E-state index in [1.807, 2.05) is 0 Å². The van der Waals surface area contributed by atoms with E-state index in [0.717, 1.165) is 0 Å². The molecule has 15 heteroatoms. The fourth-order valence-electron chi connectivity index (χ4n) is 2.58. The third-order valence-corrected chi connectivity index (χ3v) is 4.50. The quantitative estimate of drug-likeness (QED) is 0.136. The molecule has 2 radical (unpaired) electrons. The van der Waals surface area contributed by atoms with Gasteiger partial charge in [-0.2, -0.15) is 0 Å². The van der Waals surface area contributed by atoms with E-state index in [1.54, 1.807) is 6.07 Å². The molecule has 0 saturated heterocycles. The van der Waals surface area contributed by atoms with Gasteiger partial charge in [0.1, 0.15) is 0 Å². The summed E-state index contributed by atoms with van der Waals surface area (Å²) in [6.45, 7) is 14.9. The second-order valence-corrected chi connectivity index (χ2v) is 7.89. The van der Waals surface area contributed by atoms with Crippen LogP contribution in [0.2, 0.25) is 0 Å². The average molecular weight is 582 g/mol. The van der Waals surface area contributed by atoms with Crippen LogP contribution in [0.25, 0.3) is 0 Å². The minimum absolute atomic E-state index is 0.0961. The number of nitro groups is 1. The van der Waals surface area contributed by atoms with Crippen LogP contribution in [0.4, 0.5) is 15.3 Å². The molecule has 3 rings (SSSR count). The first-order valence-electron chi connectivity index (χ1n) is 11.8. The van der Waals surface area contributed by atoms with Gasteiger partial charge in [0.2, 0.25) is 12.6 Å². The van der Waals surface area contributed by atoms with Crippen LogP contribution in [0, 0.1) is 24.0 Å². The van der Waals surface area contributed by atoms with Crippen LogP contribution < -0.4 is 0 Å². The third kappa shape index (κ3) is 13.4. The van der Waals surface area contributed by atoms with Gasteiger partial charge in [0.25, 0.3) is 5.69 Å². The van der Waals surface area contributed by atoms with Crippen molar-refractivity contribution in [2.45, 2.75) is 39.6 Å². The summed E-state index contributed by atoms with van der Waals surface area (Å²) in [6, 6.07) is 4.27. The van der Waals surface area contributed by atoms with E-state index in [-0.39, 0.29) is 48.8 Å². The zero-order valence-electron chi connectivity index (χ0n) is 22.6. The molecule has 0 saturated carbocycles. The highest BCUT2D eigenvalue weighted by molar-refractivity contribution is 5.87. The van der Waals surface area contributed by atoms with Crippen LogP contribution in [-0.2, 0) is 60.7 Å². The van der Waals surface area contributed by atoms with Crippen molar-refractivity contribution < 1.29 is 62.0 Å². The Balaban J connectivity index is 0.000000915. The number of rotatable bonds is 9. The van der Waals surface area contributed by atoms with Gasteiger partial charge < -0.3 is 37.9 Å². The Bertz CT molecular complexity index is 1110. The summed E-state index contributed by atoms with van der Waals surface area (Å²) in [6.07, 6.45) is -4.88. The van der Waals surface area contributed by atoms with Crippen molar-refractivity contribution >= 4 is 29.9 Å². The van der Waals surface area contributed by atoms with Crippen LogP contribution in [-0.4, -0.2) is 68.2 Å². The van der Waals surface area contributed by atoms with Crippen molar-refractivity contribution in [1.82, 2.24) is 0 Å². The van der Waals surface area contributed by atoms with E-state index in [1.165, 1.54) is 26.0 Å². The molecule has 2 aliphatic heterocycles. The Hall–Kier alpha value is -4.50. The number of fused-ring (bicyclic) bond motifs is 10. The van der Waals surface area contributed by atoms with Crippen molar-refractivity contribution in [2.75, 3.05) is 26.4 Å². The summed E-state index contributed by atoms with van der Waals surface area (Å²) < 4.78 is 39.3. The maximum atomic E-state index is 12.2. The number of nitro benzene ring substituents is 1. The fourth-order valence-corrected chi connectivity index (χ4v) is 2.58. The number of nitrogens with zero attached hydrogens (tertiary/aromatic N) is 1. The van der Waals surface area contributed by atoms with Crippen LogP contribution in [0.3, 0.4) is 0 Å². The minimum atomic E-state index is -1.47. The molecule has 1 aromatic carbocycles. The van der Waals surface area contributed by atoms with Crippen molar-refractivity contribution in [3.63, 3.8) is 0 Å². The largest absolute Gasteiger partial charge is 0.513 e. The molecule has 2 atom stereocenters. The molecular formula is C26H31NO14. The van der Waals surface area contributed by atoms with E-state index in [2.05, 4.69) is 36.5 Å². The third-order valence-electron chi connectivity index (χ3n) is 4.50. The van der Waals surface area contributed by atoms with Crippen LogP contribution in [0.15, 0.2) is 42.5 Å². The maximum absolute atomic E-state index is 12.2. The molecule has 0 spiro atoms. The lowest BCUT2D eigenvalue weighted by molar-refractivity contribution is -0.386. The number of hydrogen-bond donors (Lipinski definition) is 0. The van der Waals surface area contributed by atoms with Crippen LogP contribution in [0.5, 0.6) is 0 Å². The van der Waals surface area contributed by atoms with E-state index >= 15 is 0 Å². The average Bonchev–Trinajstić information content (AvgIpc) is 2.93. The predicted octanol–water partition coefficient (Wildman–Crippen LogP) is 3.49. The van der Waals surface area contributed by atoms with E-state index in [0.29, 0.717) is 5.56 Å². The number of benzene rings is 1. The van der Waals surface area contributed by atoms with Gasteiger partial charge in [-0.25, -0.2) is 19.2 Å². The van der Waals surface area contributed by atoms with E-state index < -0.39 is 55.0 Å². The normalized spacial score (nSPS) is 16.4. The molecule has 0 aromatic heterocycles. The Morgan fingerprint density at radius 3 is 1.83 bits per heavy atom. The number of carbonyl (C=O) groups excluding carboxylic acids is 4. The highest BCUT2D eigenvalue weighted by Gasteiger charge is 2.26. The lowest BCUT2D eigenvalue weighted by atomic mass is 10.1. The topological polar surface area (TPSA) is 185 Å². The second kappa shape index (κ2) is 18.0. The number of carbonyl (C=O) groups is 4. The monoisotopic (exact) mass is 581 g/mol. The van der Waals surface area contributed by atoms with Crippen molar-refractivity contribution in [3.8, 4) is 0 Å². The molecule has 2 heterocycles. The van der Waals surface area contributed by atoms with Gasteiger partial charge in [-0.05, 0) is 39.3 Å². The molecule has 15 nitrogen and oxygen atoms in total. The predicted molar refractivity (Wildman–Crippen MR) is 137 cm³/mol. The first-order valence-corrected chi connectivity index (χ1v) is 11.8. The van der Waals surface area contributed by atoms with E-state index in [4.69, 9.17) is 28.4 Å². The summed E-state index contributed by atoms with van der Waals surface area (Å²) in [4.78, 5) is 56.6. The van der Waals surface area contributed by atoms with Crippen LogP contribution in [0.1, 0.15) is 25.0 Å². The smallest absolute Gasteiger partial charge is 0.456 e. The van der Waals surface area contributed by atoms with Gasteiger partial charge >= 0.3 is 24.2 Å². The molecule has 0 N–H and O–H groups in total. The summed E-state index contributed by atoms with van der Waals surface area (Å²) in [5.41, 5.74) is 0.529. The van der Waals surface area contributed by atoms with Crippen molar-refractivity contribution in [2.24, 2.45) is 0 Å². The Labute approximate surface area is 236 Å². The van der Waals surface area contributed by atoms with Crippen LogP contribution >= 0.6 is 0 Å². The molecule has 224 valence electrons. The summed E-state index contributed by atoms with van der Waals surface area (Å²) in [7, 11) is 0. The summed E-state index contributed by atoms with van der Waals surface area (Å²) >= 11 is 0. The lowest BCUT2D eigenvalue weighted by Gasteiger charge is -2.21. The zero-order chi connectivity index (χ0) is 30.9. The highest BCUT2D eigenvalue weighted by Crippen LogP contribution is 2.23. The fraction of sp³-hybridized carbons (Fsp3) is 0.385. The molecule has 2 bridgehead atoms. The van der Waals surface area contributed by atoms with Gasteiger partial charge in [0.15, 0.2) is 13.2 Å². The Kier molecular flexibility index (Phi) is 15.1. The van der Waals surface area contributed by atoms with E-state index in [9.17, 15) is 29.3 Å². The van der Waals surface area contributed by atoms with Gasteiger partial charge in [0.05, 0.1) is 36.9 Å². The zero-order valence-corrected chi connectivity index (χ0v) is 22.6. The van der Waals surface area contributed by atoms with Gasteiger partial charge in [0, 0.05) is 17.2 Å². The number of ether oxygens (including phenoxy) is 8. The first kappa shape index (κ1) is 34.5.